The minimum atomic E-state index is -0.205. The first-order chi connectivity index (χ1) is 7.81. The number of nitrogens with two attached hydrogens (primary N) is 1. The maximum atomic E-state index is 13.4. The average Bonchev–Trinajstić information content (AvgIpc) is 2.49. The maximum absolute atomic E-state index is 13.4. The van der Waals surface area contributed by atoms with Crippen LogP contribution in [-0.4, -0.2) is 5.54 Å². The summed E-state index contributed by atoms with van der Waals surface area (Å²) in [7, 11) is 0. The zero-order valence-corrected chi connectivity index (χ0v) is 12.0. The van der Waals surface area contributed by atoms with Gasteiger partial charge in [-0.2, -0.15) is 0 Å². The van der Waals surface area contributed by atoms with E-state index in [4.69, 9.17) is 5.73 Å². The summed E-state index contributed by atoms with van der Waals surface area (Å²) in [5, 5.41) is 0. The molecule has 1 aromatic rings. The first-order valence-corrected chi connectivity index (χ1v) is 6.82. The summed E-state index contributed by atoms with van der Waals surface area (Å²) in [4.78, 5) is 0. The van der Waals surface area contributed by atoms with Crippen LogP contribution in [0.4, 0.5) is 4.39 Å². The van der Waals surface area contributed by atoms with E-state index in [1.165, 1.54) is 6.07 Å². The van der Waals surface area contributed by atoms with E-state index in [1.54, 1.807) is 6.07 Å². The van der Waals surface area contributed by atoms with Gasteiger partial charge in [-0.15, -0.1) is 0 Å². The van der Waals surface area contributed by atoms with Crippen LogP contribution in [0.5, 0.6) is 0 Å². The lowest BCUT2D eigenvalue weighted by atomic mass is 9.85. The fraction of sp³-hybridized carbons (Fsp3) is 0.571. The molecule has 1 aromatic carbocycles. The molecule has 1 aliphatic carbocycles. The Morgan fingerprint density at radius 1 is 1.35 bits per heavy atom. The van der Waals surface area contributed by atoms with Gasteiger partial charge in [0.15, 0.2) is 0 Å². The molecule has 2 rings (SSSR count). The van der Waals surface area contributed by atoms with Gasteiger partial charge in [-0.3, -0.25) is 0 Å². The third-order valence-electron chi connectivity index (χ3n) is 3.70. The van der Waals surface area contributed by atoms with Crippen LogP contribution in [0.25, 0.3) is 0 Å². The Hall–Kier alpha value is -0.410. The van der Waals surface area contributed by atoms with Crippen LogP contribution >= 0.6 is 15.9 Å². The van der Waals surface area contributed by atoms with Crippen LogP contribution in [-0.2, 0) is 6.42 Å². The van der Waals surface area contributed by atoms with E-state index in [2.05, 4.69) is 29.8 Å². The Balaban J connectivity index is 2.19. The highest BCUT2D eigenvalue weighted by Gasteiger charge is 2.40. The van der Waals surface area contributed by atoms with Crippen molar-refractivity contribution in [1.29, 1.82) is 0 Å². The Labute approximate surface area is 111 Å². The lowest BCUT2D eigenvalue weighted by Crippen LogP contribution is -2.40. The number of hydrogen-bond acceptors (Lipinski definition) is 1. The Morgan fingerprint density at radius 3 is 2.65 bits per heavy atom. The molecule has 0 radical (unpaired) electrons. The topological polar surface area (TPSA) is 26.0 Å². The van der Waals surface area contributed by atoms with Crippen molar-refractivity contribution >= 4 is 15.9 Å². The largest absolute Gasteiger partial charge is 0.325 e. The zero-order chi connectivity index (χ0) is 12.7. The SMILES string of the molecule is CC1(C)CCC(N)(Cc2cccc(F)c2Br)C1. The molecule has 2 N–H and O–H groups in total. The first-order valence-electron chi connectivity index (χ1n) is 6.03. The summed E-state index contributed by atoms with van der Waals surface area (Å²) in [6.07, 6.45) is 3.91. The van der Waals surface area contributed by atoms with Gasteiger partial charge in [-0.25, -0.2) is 4.39 Å². The van der Waals surface area contributed by atoms with E-state index in [1.807, 2.05) is 6.07 Å². The number of halogens is 2. The summed E-state index contributed by atoms with van der Waals surface area (Å²) in [5.41, 5.74) is 7.55. The molecule has 1 atom stereocenters. The highest BCUT2D eigenvalue weighted by molar-refractivity contribution is 9.10. The second kappa shape index (κ2) is 4.36. The molecule has 0 aromatic heterocycles. The highest BCUT2D eigenvalue weighted by atomic mass is 79.9. The fourth-order valence-electron chi connectivity index (χ4n) is 2.93. The molecule has 0 bridgehead atoms. The monoisotopic (exact) mass is 299 g/mol. The van der Waals surface area contributed by atoms with Crippen LogP contribution in [0, 0.1) is 11.2 Å². The predicted molar refractivity (Wildman–Crippen MR) is 72.4 cm³/mol. The van der Waals surface area contributed by atoms with E-state index in [0.717, 1.165) is 31.2 Å². The van der Waals surface area contributed by atoms with Crippen molar-refractivity contribution in [2.24, 2.45) is 11.1 Å². The third kappa shape index (κ3) is 2.89. The minimum Gasteiger partial charge on any atom is -0.325 e. The molecule has 1 saturated carbocycles. The van der Waals surface area contributed by atoms with Crippen LogP contribution in [0.2, 0.25) is 0 Å². The highest BCUT2D eigenvalue weighted by Crippen LogP contribution is 2.44. The van der Waals surface area contributed by atoms with Gasteiger partial charge in [0.1, 0.15) is 5.82 Å². The molecular formula is C14H19BrFN. The van der Waals surface area contributed by atoms with Gasteiger partial charge in [-0.05, 0) is 58.7 Å². The molecule has 1 fully saturated rings. The molecule has 17 heavy (non-hydrogen) atoms. The minimum absolute atomic E-state index is 0.181. The van der Waals surface area contributed by atoms with Gasteiger partial charge in [0.2, 0.25) is 0 Å². The van der Waals surface area contributed by atoms with Crippen molar-refractivity contribution in [2.75, 3.05) is 0 Å². The normalized spacial score (nSPS) is 27.4. The Morgan fingerprint density at radius 2 is 2.06 bits per heavy atom. The molecule has 0 saturated heterocycles. The second-order valence-electron chi connectivity index (χ2n) is 6.09. The van der Waals surface area contributed by atoms with Crippen molar-refractivity contribution in [2.45, 2.75) is 45.1 Å². The van der Waals surface area contributed by atoms with E-state index in [-0.39, 0.29) is 11.4 Å². The summed E-state index contributed by atoms with van der Waals surface area (Å²) < 4.78 is 14.0. The average molecular weight is 300 g/mol. The van der Waals surface area contributed by atoms with Crippen LogP contribution < -0.4 is 5.73 Å². The number of hydrogen-bond donors (Lipinski definition) is 1. The smallest absolute Gasteiger partial charge is 0.137 e. The maximum Gasteiger partial charge on any atom is 0.137 e. The fourth-order valence-corrected chi connectivity index (χ4v) is 3.34. The first kappa shape index (κ1) is 13.0. The summed E-state index contributed by atoms with van der Waals surface area (Å²) >= 11 is 3.31. The standard InChI is InChI=1S/C14H19BrFN/c1-13(2)6-7-14(17,9-13)8-10-4-3-5-11(16)12(10)15/h3-5H,6-9,17H2,1-2H3. The number of rotatable bonds is 2. The van der Waals surface area contributed by atoms with Gasteiger partial charge in [-0.1, -0.05) is 26.0 Å². The second-order valence-corrected chi connectivity index (χ2v) is 6.89. The van der Waals surface area contributed by atoms with Gasteiger partial charge >= 0.3 is 0 Å². The molecule has 0 heterocycles. The summed E-state index contributed by atoms with van der Waals surface area (Å²) in [5.74, 6) is -0.205. The molecular weight excluding hydrogens is 281 g/mol. The van der Waals surface area contributed by atoms with Crippen molar-refractivity contribution in [3.05, 3.63) is 34.1 Å². The Bertz CT molecular complexity index is 430. The van der Waals surface area contributed by atoms with Crippen molar-refractivity contribution in [3.63, 3.8) is 0 Å². The van der Waals surface area contributed by atoms with Gasteiger partial charge in [0.05, 0.1) is 4.47 Å². The molecule has 1 nitrogen and oxygen atoms in total. The molecule has 1 aliphatic rings. The molecule has 0 spiro atoms. The Kier molecular flexibility index (Phi) is 3.34. The van der Waals surface area contributed by atoms with Crippen LogP contribution in [0.1, 0.15) is 38.7 Å². The molecule has 0 amide bonds. The van der Waals surface area contributed by atoms with Crippen LogP contribution in [0.3, 0.4) is 0 Å². The predicted octanol–water partition coefficient (Wildman–Crippen LogP) is 4.04. The van der Waals surface area contributed by atoms with E-state index in [0.29, 0.717) is 9.89 Å². The number of benzene rings is 1. The summed E-state index contributed by atoms with van der Waals surface area (Å²) in [6, 6.07) is 5.17. The van der Waals surface area contributed by atoms with Gasteiger partial charge in [0, 0.05) is 5.54 Å². The van der Waals surface area contributed by atoms with Gasteiger partial charge in [0.25, 0.3) is 0 Å². The quantitative estimate of drug-likeness (QED) is 0.876. The van der Waals surface area contributed by atoms with Crippen molar-refractivity contribution < 1.29 is 4.39 Å². The molecule has 0 aliphatic heterocycles. The third-order valence-corrected chi connectivity index (χ3v) is 4.59. The van der Waals surface area contributed by atoms with E-state index < -0.39 is 0 Å². The van der Waals surface area contributed by atoms with Gasteiger partial charge < -0.3 is 5.73 Å². The lowest BCUT2D eigenvalue weighted by molar-refractivity contribution is 0.334. The molecule has 3 heteroatoms. The van der Waals surface area contributed by atoms with Crippen molar-refractivity contribution in [1.82, 2.24) is 0 Å². The zero-order valence-electron chi connectivity index (χ0n) is 10.4. The van der Waals surface area contributed by atoms with E-state index >= 15 is 0 Å². The van der Waals surface area contributed by atoms with Crippen LogP contribution in [0.15, 0.2) is 22.7 Å². The molecule has 1 unspecified atom stereocenters. The molecule has 94 valence electrons. The van der Waals surface area contributed by atoms with E-state index in [9.17, 15) is 4.39 Å². The summed E-state index contributed by atoms with van der Waals surface area (Å²) in [6.45, 7) is 4.50. The van der Waals surface area contributed by atoms with Crippen molar-refractivity contribution in [3.8, 4) is 0 Å². The lowest BCUT2D eigenvalue weighted by Gasteiger charge is -2.27.